The molecule has 8 heteroatoms. The lowest BCUT2D eigenvalue weighted by molar-refractivity contribution is -0.121. The molecule has 0 bridgehead atoms. The summed E-state index contributed by atoms with van der Waals surface area (Å²) in [5, 5.41) is 2.69. The number of nitrogens with zero attached hydrogens (tertiary/aromatic N) is 5. The first-order valence-corrected chi connectivity index (χ1v) is 7.35. The summed E-state index contributed by atoms with van der Waals surface area (Å²) in [6.45, 7) is 6.40. The Labute approximate surface area is 124 Å². The highest BCUT2D eigenvalue weighted by Gasteiger charge is 2.32. The Morgan fingerprint density at radius 3 is 2.71 bits per heavy atom. The highest BCUT2D eigenvalue weighted by atomic mass is 16.2. The molecule has 0 spiro atoms. The number of amides is 1. The fourth-order valence-corrected chi connectivity index (χ4v) is 2.59. The molecule has 1 aromatic rings. The molecule has 21 heavy (non-hydrogen) atoms. The molecule has 116 valence electrons. The van der Waals surface area contributed by atoms with E-state index >= 15 is 0 Å². The first-order chi connectivity index (χ1) is 10.1. The average Bonchev–Trinajstić information content (AvgIpc) is 2.96. The maximum absolute atomic E-state index is 11.9. The highest BCUT2D eigenvalue weighted by Crippen LogP contribution is 2.24. The van der Waals surface area contributed by atoms with Gasteiger partial charge < -0.3 is 20.9 Å². The van der Waals surface area contributed by atoms with Gasteiger partial charge in [0, 0.05) is 26.7 Å². The number of anilines is 3. The number of rotatable bonds is 5. The molecule has 8 nitrogen and oxygen atoms in total. The topological polar surface area (TPSA) is 100 Å². The van der Waals surface area contributed by atoms with Crippen LogP contribution in [0.4, 0.5) is 17.8 Å². The highest BCUT2D eigenvalue weighted by molar-refractivity contribution is 5.85. The molecule has 0 saturated carbocycles. The van der Waals surface area contributed by atoms with Crippen molar-refractivity contribution < 1.29 is 4.79 Å². The van der Waals surface area contributed by atoms with E-state index in [4.69, 9.17) is 5.73 Å². The van der Waals surface area contributed by atoms with Crippen molar-refractivity contribution in [2.75, 3.05) is 42.2 Å². The van der Waals surface area contributed by atoms with Crippen molar-refractivity contribution in [3.8, 4) is 0 Å². The molecule has 0 radical (unpaired) electrons. The molecule has 1 amide bonds. The lowest BCUT2D eigenvalue weighted by atomic mass is 10.2. The number of hydrogen-bond acceptors (Lipinski definition) is 7. The molecule has 1 atom stereocenters. The second-order valence-corrected chi connectivity index (χ2v) is 4.93. The Kier molecular flexibility index (Phi) is 4.77. The van der Waals surface area contributed by atoms with Crippen molar-refractivity contribution in [2.24, 2.45) is 0 Å². The third-order valence-corrected chi connectivity index (χ3v) is 3.73. The second-order valence-electron chi connectivity index (χ2n) is 4.93. The number of nitrogens with two attached hydrogens (primary N) is 1. The number of likely N-dealkylation sites (N-methyl/N-ethyl adjacent to an activating group) is 1. The van der Waals surface area contributed by atoms with Crippen LogP contribution in [0.1, 0.15) is 26.7 Å². The second kappa shape index (κ2) is 6.55. The first kappa shape index (κ1) is 15.3. The van der Waals surface area contributed by atoms with Gasteiger partial charge in [-0.1, -0.05) is 0 Å². The van der Waals surface area contributed by atoms with Crippen LogP contribution in [0.3, 0.4) is 0 Å². The van der Waals surface area contributed by atoms with Gasteiger partial charge in [-0.15, -0.1) is 0 Å². The molecule has 2 heterocycles. The lowest BCUT2D eigenvalue weighted by Crippen LogP contribution is -2.43. The minimum Gasteiger partial charge on any atom is -0.368 e. The van der Waals surface area contributed by atoms with Crippen molar-refractivity contribution in [1.82, 2.24) is 20.3 Å². The number of aromatic nitrogens is 3. The van der Waals surface area contributed by atoms with Crippen LogP contribution in [0.2, 0.25) is 0 Å². The average molecular weight is 293 g/mol. The summed E-state index contributed by atoms with van der Waals surface area (Å²) >= 11 is 0. The largest absolute Gasteiger partial charge is 0.368 e. The summed E-state index contributed by atoms with van der Waals surface area (Å²) in [5.41, 5.74) is 5.81. The van der Waals surface area contributed by atoms with Gasteiger partial charge in [0.1, 0.15) is 6.04 Å². The normalized spacial score (nSPS) is 17.9. The minimum absolute atomic E-state index is 0.0177. The zero-order valence-electron chi connectivity index (χ0n) is 12.8. The Balaban J connectivity index is 2.32. The molecule has 1 aliphatic rings. The molecule has 1 fully saturated rings. The Bertz CT molecular complexity index is 503. The van der Waals surface area contributed by atoms with Crippen molar-refractivity contribution in [2.45, 2.75) is 32.7 Å². The number of carbonyl (C=O) groups is 1. The first-order valence-electron chi connectivity index (χ1n) is 7.35. The van der Waals surface area contributed by atoms with Crippen LogP contribution in [0.15, 0.2) is 0 Å². The van der Waals surface area contributed by atoms with Crippen LogP contribution in [-0.4, -0.2) is 53.6 Å². The molecule has 1 unspecified atom stereocenters. The number of nitrogen functional groups attached to an aromatic ring is 1. The fourth-order valence-electron chi connectivity index (χ4n) is 2.59. The van der Waals surface area contributed by atoms with Crippen LogP contribution in [0, 0.1) is 0 Å². The molecule has 1 aromatic heterocycles. The number of hydrogen-bond donors (Lipinski definition) is 2. The van der Waals surface area contributed by atoms with Crippen molar-refractivity contribution in [1.29, 1.82) is 0 Å². The molecule has 0 aliphatic carbocycles. The number of carbonyl (C=O) groups excluding carboxylic acids is 1. The van der Waals surface area contributed by atoms with Gasteiger partial charge in [0.2, 0.25) is 23.8 Å². The van der Waals surface area contributed by atoms with Gasteiger partial charge in [-0.2, -0.15) is 15.0 Å². The van der Waals surface area contributed by atoms with Gasteiger partial charge in [0.05, 0.1) is 0 Å². The van der Waals surface area contributed by atoms with E-state index in [0.717, 1.165) is 32.5 Å². The molecule has 3 N–H and O–H groups in total. The molecule has 2 rings (SSSR count). The summed E-state index contributed by atoms with van der Waals surface area (Å²) in [6.07, 6.45) is 1.73. The Morgan fingerprint density at radius 2 is 2.10 bits per heavy atom. The van der Waals surface area contributed by atoms with Crippen LogP contribution in [-0.2, 0) is 4.79 Å². The Hall–Kier alpha value is -2.12. The predicted octanol–water partition coefficient (Wildman–Crippen LogP) is 0.0148. The van der Waals surface area contributed by atoms with E-state index in [1.165, 1.54) is 0 Å². The van der Waals surface area contributed by atoms with Gasteiger partial charge in [-0.25, -0.2) is 0 Å². The van der Waals surface area contributed by atoms with Crippen LogP contribution in [0.5, 0.6) is 0 Å². The summed E-state index contributed by atoms with van der Waals surface area (Å²) in [4.78, 5) is 28.8. The smallest absolute Gasteiger partial charge is 0.242 e. The van der Waals surface area contributed by atoms with Gasteiger partial charge in [0.25, 0.3) is 0 Å². The van der Waals surface area contributed by atoms with Gasteiger partial charge in [-0.05, 0) is 26.7 Å². The fraction of sp³-hybridized carbons (Fsp3) is 0.692. The van der Waals surface area contributed by atoms with Gasteiger partial charge in [-0.3, -0.25) is 4.79 Å². The third-order valence-electron chi connectivity index (χ3n) is 3.73. The summed E-state index contributed by atoms with van der Waals surface area (Å²) in [6, 6.07) is -0.235. The summed E-state index contributed by atoms with van der Waals surface area (Å²) < 4.78 is 0. The maximum Gasteiger partial charge on any atom is 0.242 e. The van der Waals surface area contributed by atoms with Gasteiger partial charge in [0.15, 0.2) is 0 Å². The molecule has 0 aromatic carbocycles. The van der Waals surface area contributed by atoms with E-state index < -0.39 is 0 Å². The molecule has 1 aliphatic heterocycles. The zero-order chi connectivity index (χ0) is 15.4. The van der Waals surface area contributed by atoms with Gasteiger partial charge >= 0.3 is 0 Å². The van der Waals surface area contributed by atoms with E-state index in [0.29, 0.717) is 11.9 Å². The monoisotopic (exact) mass is 293 g/mol. The van der Waals surface area contributed by atoms with E-state index in [9.17, 15) is 4.79 Å². The molecule has 1 saturated heterocycles. The third kappa shape index (κ3) is 3.14. The van der Waals surface area contributed by atoms with Crippen molar-refractivity contribution >= 4 is 23.8 Å². The predicted molar refractivity (Wildman–Crippen MR) is 82.2 cm³/mol. The lowest BCUT2D eigenvalue weighted by Gasteiger charge is -2.25. The Morgan fingerprint density at radius 1 is 1.38 bits per heavy atom. The van der Waals surface area contributed by atoms with Crippen LogP contribution >= 0.6 is 0 Å². The van der Waals surface area contributed by atoms with E-state index in [2.05, 4.69) is 20.3 Å². The van der Waals surface area contributed by atoms with E-state index in [-0.39, 0.29) is 17.9 Å². The van der Waals surface area contributed by atoms with E-state index in [1.54, 1.807) is 7.05 Å². The van der Waals surface area contributed by atoms with Crippen LogP contribution < -0.4 is 20.9 Å². The minimum atomic E-state index is -0.235. The molecular formula is C13H23N7O. The van der Waals surface area contributed by atoms with Crippen molar-refractivity contribution in [3.63, 3.8) is 0 Å². The zero-order valence-corrected chi connectivity index (χ0v) is 12.8. The summed E-state index contributed by atoms with van der Waals surface area (Å²) in [7, 11) is 1.64. The SMILES string of the molecule is CCN(CC)c1nc(N)nc(N2CCCC2C(=O)NC)n1. The standard InChI is InChI=1S/C13H23N7O/c1-4-19(5-2)12-16-11(14)17-13(18-12)20-8-6-7-9(20)10(21)15-3/h9H,4-8H2,1-3H3,(H,15,21)(H2,14,16,17,18). The van der Waals surface area contributed by atoms with Crippen LogP contribution in [0.25, 0.3) is 0 Å². The maximum atomic E-state index is 11.9. The van der Waals surface area contributed by atoms with E-state index in [1.807, 2.05) is 23.6 Å². The number of nitrogens with one attached hydrogen (secondary N) is 1. The van der Waals surface area contributed by atoms with Crippen molar-refractivity contribution in [3.05, 3.63) is 0 Å². The summed E-state index contributed by atoms with van der Waals surface area (Å²) in [5.74, 6) is 1.21. The molecular weight excluding hydrogens is 270 g/mol. The quantitative estimate of drug-likeness (QED) is 0.789.